The van der Waals surface area contributed by atoms with Crippen LogP contribution in [0.15, 0.2) is 4.52 Å². The van der Waals surface area contributed by atoms with Gasteiger partial charge < -0.3 is 19.1 Å². The van der Waals surface area contributed by atoms with Crippen LogP contribution in [-0.2, 0) is 16.1 Å². The van der Waals surface area contributed by atoms with Gasteiger partial charge in [-0.2, -0.15) is 18.2 Å². The van der Waals surface area contributed by atoms with Crippen LogP contribution in [0.3, 0.4) is 0 Å². The first-order chi connectivity index (χ1) is 8.96. The van der Waals surface area contributed by atoms with E-state index in [2.05, 4.69) is 14.9 Å². The van der Waals surface area contributed by atoms with Crippen LogP contribution in [-0.4, -0.2) is 47.3 Å². The average Bonchev–Trinajstić information content (AvgIpc) is 2.76. The van der Waals surface area contributed by atoms with Crippen molar-refractivity contribution in [2.75, 3.05) is 19.8 Å². The maximum absolute atomic E-state index is 11.9. The van der Waals surface area contributed by atoms with Crippen molar-refractivity contribution in [3.05, 3.63) is 11.7 Å². The molecule has 108 valence electrons. The number of halogens is 3. The van der Waals surface area contributed by atoms with Crippen molar-refractivity contribution < 1.29 is 32.3 Å². The van der Waals surface area contributed by atoms with Gasteiger partial charge in [-0.1, -0.05) is 5.16 Å². The van der Waals surface area contributed by atoms with Gasteiger partial charge in [0.05, 0.1) is 18.6 Å². The first-order valence-corrected chi connectivity index (χ1v) is 5.68. The molecule has 2 heterocycles. The number of hydrogen-bond donors (Lipinski definition) is 1. The minimum Gasteiger partial charge on any atom is -0.392 e. The molecule has 9 heteroatoms. The van der Waals surface area contributed by atoms with Gasteiger partial charge >= 0.3 is 6.18 Å². The molecule has 0 aromatic carbocycles. The van der Waals surface area contributed by atoms with Gasteiger partial charge in [0, 0.05) is 6.61 Å². The Labute approximate surface area is 106 Å². The molecule has 6 nitrogen and oxygen atoms in total. The summed E-state index contributed by atoms with van der Waals surface area (Å²) in [4.78, 5) is 3.89. The second kappa shape index (κ2) is 5.85. The lowest BCUT2D eigenvalue weighted by atomic mass is 9.99. The highest BCUT2D eigenvalue weighted by molar-refractivity contribution is 4.98. The molecule has 0 saturated carbocycles. The molecule has 2 unspecified atom stereocenters. The first kappa shape index (κ1) is 14.2. The van der Waals surface area contributed by atoms with E-state index in [4.69, 9.17) is 9.26 Å². The standard InChI is InChI=1S/C10H13F3N2O4/c11-10(12,13)5-18-4-8-14-9(19-15-8)6-3-17-2-1-7(6)16/h6-7,16H,1-5H2. The number of aromatic nitrogens is 2. The Balaban J connectivity index is 1.88. The second-order valence-corrected chi connectivity index (χ2v) is 4.19. The Bertz CT molecular complexity index is 410. The molecule has 19 heavy (non-hydrogen) atoms. The van der Waals surface area contributed by atoms with Crippen LogP contribution >= 0.6 is 0 Å². The van der Waals surface area contributed by atoms with E-state index in [1.165, 1.54) is 0 Å². The molecule has 2 atom stereocenters. The summed E-state index contributed by atoms with van der Waals surface area (Å²) in [6, 6.07) is 0. The largest absolute Gasteiger partial charge is 0.411 e. The van der Waals surface area contributed by atoms with E-state index in [1.54, 1.807) is 0 Å². The number of alkyl halides is 3. The molecular formula is C10H13F3N2O4. The van der Waals surface area contributed by atoms with Gasteiger partial charge in [0.2, 0.25) is 5.89 Å². The molecule has 0 amide bonds. The van der Waals surface area contributed by atoms with Crippen molar-refractivity contribution in [2.24, 2.45) is 0 Å². The highest BCUT2D eigenvalue weighted by Crippen LogP contribution is 2.24. The Hall–Kier alpha value is -1.19. The number of aliphatic hydroxyl groups excluding tert-OH is 1. The van der Waals surface area contributed by atoms with Crippen LogP contribution in [0.1, 0.15) is 24.1 Å². The highest BCUT2D eigenvalue weighted by atomic mass is 19.4. The summed E-state index contributed by atoms with van der Waals surface area (Å²) in [6.45, 7) is -1.07. The van der Waals surface area contributed by atoms with Gasteiger partial charge in [-0.3, -0.25) is 0 Å². The Morgan fingerprint density at radius 3 is 2.89 bits per heavy atom. The van der Waals surface area contributed by atoms with Gasteiger partial charge in [0.25, 0.3) is 0 Å². The summed E-state index contributed by atoms with van der Waals surface area (Å²) in [5, 5.41) is 13.2. The van der Waals surface area contributed by atoms with E-state index in [0.29, 0.717) is 13.0 Å². The fraction of sp³-hybridized carbons (Fsp3) is 0.800. The lowest BCUT2D eigenvalue weighted by molar-refractivity contribution is -0.177. The molecule has 1 N–H and O–H groups in total. The minimum absolute atomic E-state index is 0.0111. The lowest BCUT2D eigenvalue weighted by Gasteiger charge is -2.24. The summed E-state index contributed by atoms with van der Waals surface area (Å²) in [5.41, 5.74) is 0. The summed E-state index contributed by atoms with van der Waals surface area (Å²) in [6.07, 6.45) is -4.59. The predicted octanol–water partition coefficient (Wildman–Crippen LogP) is 1.01. The Kier molecular flexibility index (Phi) is 4.38. The van der Waals surface area contributed by atoms with Crippen LogP contribution in [0.25, 0.3) is 0 Å². The van der Waals surface area contributed by atoms with Crippen molar-refractivity contribution in [3.63, 3.8) is 0 Å². The molecule has 1 aromatic rings. The number of nitrogens with zero attached hydrogens (tertiary/aromatic N) is 2. The van der Waals surface area contributed by atoms with Crippen LogP contribution in [0.2, 0.25) is 0 Å². The van der Waals surface area contributed by atoms with Gasteiger partial charge in [0.1, 0.15) is 13.2 Å². The molecule has 0 radical (unpaired) electrons. The van der Waals surface area contributed by atoms with Gasteiger partial charge in [-0.15, -0.1) is 0 Å². The Morgan fingerprint density at radius 2 is 2.21 bits per heavy atom. The quantitative estimate of drug-likeness (QED) is 0.888. The van der Waals surface area contributed by atoms with Crippen molar-refractivity contribution in [1.82, 2.24) is 10.1 Å². The van der Waals surface area contributed by atoms with Crippen LogP contribution in [0.5, 0.6) is 0 Å². The third-order valence-corrected chi connectivity index (χ3v) is 2.62. The highest BCUT2D eigenvalue weighted by Gasteiger charge is 2.31. The molecule has 1 fully saturated rings. The minimum atomic E-state index is -4.39. The van der Waals surface area contributed by atoms with E-state index in [1.807, 2.05) is 0 Å². The number of ether oxygens (including phenoxy) is 2. The maximum atomic E-state index is 11.9. The fourth-order valence-corrected chi connectivity index (χ4v) is 1.70. The van der Waals surface area contributed by atoms with Crippen molar-refractivity contribution in [1.29, 1.82) is 0 Å². The van der Waals surface area contributed by atoms with Crippen LogP contribution in [0, 0.1) is 0 Å². The molecule has 0 bridgehead atoms. The molecule has 2 rings (SSSR count). The van der Waals surface area contributed by atoms with Crippen molar-refractivity contribution >= 4 is 0 Å². The number of hydrogen-bond acceptors (Lipinski definition) is 6. The third-order valence-electron chi connectivity index (χ3n) is 2.62. The zero-order valence-electron chi connectivity index (χ0n) is 9.89. The number of rotatable bonds is 4. The predicted molar refractivity (Wildman–Crippen MR) is 54.2 cm³/mol. The normalized spacial score (nSPS) is 24.6. The van der Waals surface area contributed by atoms with Crippen LogP contribution < -0.4 is 0 Å². The summed E-state index contributed by atoms with van der Waals surface area (Å²) < 4.78 is 50.1. The van der Waals surface area contributed by atoms with Crippen LogP contribution in [0.4, 0.5) is 13.2 Å². The summed E-state index contributed by atoms with van der Waals surface area (Å²) in [7, 11) is 0. The maximum Gasteiger partial charge on any atom is 0.411 e. The van der Waals surface area contributed by atoms with E-state index in [9.17, 15) is 18.3 Å². The summed E-state index contributed by atoms with van der Waals surface area (Å²) >= 11 is 0. The Morgan fingerprint density at radius 1 is 1.42 bits per heavy atom. The first-order valence-electron chi connectivity index (χ1n) is 5.68. The molecule has 1 aromatic heterocycles. The average molecular weight is 282 g/mol. The zero-order chi connectivity index (χ0) is 13.9. The fourth-order valence-electron chi connectivity index (χ4n) is 1.70. The molecule has 1 aliphatic rings. The van der Waals surface area contributed by atoms with E-state index in [0.717, 1.165) is 0 Å². The second-order valence-electron chi connectivity index (χ2n) is 4.19. The van der Waals surface area contributed by atoms with Crippen molar-refractivity contribution in [3.8, 4) is 0 Å². The van der Waals surface area contributed by atoms with Gasteiger partial charge in [-0.25, -0.2) is 0 Å². The van der Waals surface area contributed by atoms with Crippen molar-refractivity contribution in [2.45, 2.75) is 31.2 Å². The van der Waals surface area contributed by atoms with Gasteiger partial charge in [-0.05, 0) is 6.42 Å². The molecular weight excluding hydrogens is 269 g/mol. The smallest absolute Gasteiger partial charge is 0.392 e. The van der Waals surface area contributed by atoms with Gasteiger partial charge in [0.15, 0.2) is 5.82 Å². The molecule has 0 spiro atoms. The monoisotopic (exact) mass is 282 g/mol. The lowest BCUT2D eigenvalue weighted by Crippen LogP contribution is -2.30. The SMILES string of the molecule is OC1CCOCC1c1nc(COCC(F)(F)F)no1. The van der Waals surface area contributed by atoms with E-state index < -0.39 is 31.4 Å². The molecule has 1 aliphatic heterocycles. The number of aliphatic hydroxyl groups is 1. The third kappa shape index (κ3) is 4.15. The van der Waals surface area contributed by atoms with E-state index >= 15 is 0 Å². The molecule has 1 saturated heterocycles. The molecule has 0 aliphatic carbocycles. The summed E-state index contributed by atoms with van der Waals surface area (Å²) in [5.74, 6) is -0.285. The zero-order valence-corrected chi connectivity index (χ0v) is 9.89. The topological polar surface area (TPSA) is 77.6 Å². The van der Waals surface area contributed by atoms with E-state index in [-0.39, 0.29) is 18.3 Å².